The molecule has 2 amide bonds. The van der Waals surface area contributed by atoms with Gasteiger partial charge in [-0.05, 0) is 56.5 Å². The third-order valence-electron chi connectivity index (χ3n) is 5.85. The highest BCUT2D eigenvalue weighted by Gasteiger charge is 2.42. The minimum Gasteiger partial charge on any atom is -0.363 e. The molecule has 0 radical (unpaired) electrons. The van der Waals surface area contributed by atoms with Crippen LogP contribution in [0.2, 0.25) is 0 Å². The molecule has 5 nitrogen and oxygen atoms in total. The van der Waals surface area contributed by atoms with Crippen LogP contribution in [0.1, 0.15) is 35.2 Å². The van der Waals surface area contributed by atoms with E-state index in [0.717, 1.165) is 18.4 Å². The zero-order valence-corrected chi connectivity index (χ0v) is 16.6. The van der Waals surface area contributed by atoms with Crippen molar-refractivity contribution in [3.8, 4) is 0 Å². The second-order valence-corrected chi connectivity index (χ2v) is 7.94. The van der Waals surface area contributed by atoms with E-state index < -0.39 is 5.60 Å². The van der Waals surface area contributed by atoms with Gasteiger partial charge >= 0.3 is 0 Å². The van der Waals surface area contributed by atoms with Gasteiger partial charge in [-0.25, -0.2) is 4.39 Å². The van der Waals surface area contributed by atoms with Crippen molar-refractivity contribution in [1.82, 2.24) is 4.90 Å². The lowest BCUT2D eigenvalue weighted by Gasteiger charge is -2.42. The van der Waals surface area contributed by atoms with Crippen LogP contribution in [0.5, 0.6) is 0 Å². The molecule has 2 aliphatic heterocycles. The molecule has 2 fully saturated rings. The van der Waals surface area contributed by atoms with Crippen LogP contribution in [0.3, 0.4) is 0 Å². The van der Waals surface area contributed by atoms with E-state index in [1.165, 1.54) is 12.1 Å². The molecule has 2 aromatic rings. The molecule has 2 saturated heterocycles. The molecular formula is C23H25FN2O3. The maximum Gasteiger partial charge on any atom is 0.253 e. The first-order chi connectivity index (χ1) is 14.0. The molecule has 0 aliphatic carbocycles. The Morgan fingerprint density at radius 3 is 2.66 bits per heavy atom. The molecule has 4 rings (SSSR count). The third-order valence-corrected chi connectivity index (χ3v) is 5.85. The van der Waals surface area contributed by atoms with Crippen LogP contribution in [-0.4, -0.2) is 48.6 Å². The Hall–Kier alpha value is -2.73. The predicted octanol–water partition coefficient (Wildman–Crippen LogP) is 3.56. The second-order valence-electron chi connectivity index (χ2n) is 7.94. The van der Waals surface area contributed by atoms with E-state index in [-0.39, 0.29) is 24.2 Å². The van der Waals surface area contributed by atoms with E-state index in [2.05, 4.69) is 0 Å². The number of carbonyl (C=O) groups excluding carboxylic acids is 2. The molecule has 0 aromatic heterocycles. The summed E-state index contributed by atoms with van der Waals surface area (Å²) in [6.45, 7) is 3.57. The highest BCUT2D eigenvalue weighted by molar-refractivity contribution is 5.95. The Bertz CT molecular complexity index is 915. The van der Waals surface area contributed by atoms with Crippen LogP contribution in [0, 0.1) is 12.7 Å². The Morgan fingerprint density at radius 1 is 1.10 bits per heavy atom. The topological polar surface area (TPSA) is 49.9 Å². The van der Waals surface area contributed by atoms with Crippen molar-refractivity contribution >= 4 is 17.5 Å². The Balaban J connectivity index is 1.48. The summed E-state index contributed by atoms with van der Waals surface area (Å²) in [4.78, 5) is 28.8. The van der Waals surface area contributed by atoms with E-state index in [9.17, 15) is 14.0 Å². The number of hydrogen-bond acceptors (Lipinski definition) is 3. The number of nitrogens with zero attached hydrogens (tertiary/aromatic N) is 2. The zero-order valence-electron chi connectivity index (χ0n) is 16.6. The van der Waals surface area contributed by atoms with Crippen molar-refractivity contribution in [2.45, 2.75) is 31.8 Å². The maximum absolute atomic E-state index is 13.7. The lowest BCUT2D eigenvalue weighted by molar-refractivity contribution is -0.140. The summed E-state index contributed by atoms with van der Waals surface area (Å²) < 4.78 is 19.7. The summed E-state index contributed by atoms with van der Waals surface area (Å²) in [6, 6.07) is 13.7. The van der Waals surface area contributed by atoms with Gasteiger partial charge in [0.15, 0.2) is 0 Å². The first kappa shape index (κ1) is 19.6. The average Bonchev–Trinajstić information content (AvgIpc) is 2.93. The highest BCUT2D eigenvalue weighted by atomic mass is 19.1. The minimum absolute atomic E-state index is 0.0240. The summed E-state index contributed by atoms with van der Waals surface area (Å²) in [5.74, 6) is -0.513. The van der Waals surface area contributed by atoms with Gasteiger partial charge in [0.1, 0.15) is 12.4 Å². The highest BCUT2D eigenvalue weighted by Crippen LogP contribution is 2.33. The Morgan fingerprint density at radius 2 is 1.90 bits per heavy atom. The molecule has 2 heterocycles. The minimum atomic E-state index is -0.511. The lowest BCUT2D eigenvalue weighted by atomic mass is 9.92. The fourth-order valence-electron chi connectivity index (χ4n) is 4.15. The number of morpholine rings is 1. The standard InChI is InChI=1S/C23H25FN2O3/c1-17-6-8-18(9-7-17)22(28)25-12-3-10-23(11-13-25)16-26(21(27)15-29-23)20-5-2-4-19(24)14-20/h2,4-9,14H,3,10-13,15-16H2,1H3. The Labute approximate surface area is 170 Å². The number of rotatable bonds is 2. The van der Waals surface area contributed by atoms with Gasteiger partial charge in [-0.2, -0.15) is 0 Å². The molecule has 1 atom stereocenters. The van der Waals surface area contributed by atoms with Gasteiger partial charge in [-0.15, -0.1) is 0 Å². The van der Waals surface area contributed by atoms with Gasteiger partial charge in [0.2, 0.25) is 0 Å². The molecule has 2 aliphatic rings. The van der Waals surface area contributed by atoms with Crippen LogP contribution in [0.4, 0.5) is 10.1 Å². The molecule has 6 heteroatoms. The van der Waals surface area contributed by atoms with Crippen LogP contribution in [0.15, 0.2) is 48.5 Å². The predicted molar refractivity (Wildman–Crippen MR) is 108 cm³/mol. The number of halogens is 1. The van der Waals surface area contributed by atoms with Gasteiger partial charge in [0, 0.05) is 24.3 Å². The quantitative estimate of drug-likeness (QED) is 0.780. The number of ether oxygens (including phenoxy) is 1. The molecule has 1 spiro atoms. The van der Waals surface area contributed by atoms with Gasteiger partial charge in [0.25, 0.3) is 11.8 Å². The summed E-state index contributed by atoms with van der Waals surface area (Å²) in [5, 5.41) is 0. The average molecular weight is 396 g/mol. The third kappa shape index (κ3) is 4.17. The molecular weight excluding hydrogens is 371 g/mol. The fraction of sp³-hybridized carbons (Fsp3) is 0.391. The number of aryl methyl sites for hydroxylation is 1. The van der Waals surface area contributed by atoms with E-state index in [4.69, 9.17) is 4.74 Å². The molecule has 0 N–H and O–H groups in total. The van der Waals surface area contributed by atoms with Crippen molar-refractivity contribution in [1.29, 1.82) is 0 Å². The van der Waals surface area contributed by atoms with Crippen molar-refractivity contribution in [2.75, 3.05) is 31.1 Å². The van der Waals surface area contributed by atoms with Crippen LogP contribution < -0.4 is 4.90 Å². The molecule has 29 heavy (non-hydrogen) atoms. The summed E-state index contributed by atoms with van der Waals surface area (Å²) in [7, 11) is 0. The number of amides is 2. The number of hydrogen-bond donors (Lipinski definition) is 0. The molecule has 152 valence electrons. The second kappa shape index (κ2) is 7.95. The van der Waals surface area contributed by atoms with Crippen LogP contribution in [-0.2, 0) is 9.53 Å². The van der Waals surface area contributed by atoms with E-state index in [0.29, 0.717) is 37.3 Å². The fourth-order valence-corrected chi connectivity index (χ4v) is 4.15. The van der Waals surface area contributed by atoms with Gasteiger partial charge in [0.05, 0.1) is 12.1 Å². The maximum atomic E-state index is 13.7. The molecule has 0 saturated carbocycles. The van der Waals surface area contributed by atoms with Crippen LogP contribution >= 0.6 is 0 Å². The first-order valence-electron chi connectivity index (χ1n) is 10.0. The van der Waals surface area contributed by atoms with Crippen LogP contribution in [0.25, 0.3) is 0 Å². The molecule has 0 bridgehead atoms. The summed E-state index contributed by atoms with van der Waals surface area (Å²) >= 11 is 0. The van der Waals surface area contributed by atoms with E-state index >= 15 is 0 Å². The van der Waals surface area contributed by atoms with Crippen molar-refractivity contribution < 1.29 is 18.7 Å². The van der Waals surface area contributed by atoms with Crippen molar-refractivity contribution in [3.63, 3.8) is 0 Å². The normalized spacial score (nSPS) is 22.6. The first-order valence-corrected chi connectivity index (χ1v) is 10.0. The number of benzene rings is 2. The monoisotopic (exact) mass is 396 g/mol. The van der Waals surface area contributed by atoms with E-state index in [1.807, 2.05) is 36.1 Å². The van der Waals surface area contributed by atoms with Gasteiger partial charge in [-0.3, -0.25) is 9.59 Å². The molecule has 1 unspecified atom stereocenters. The summed E-state index contributed by atoms with van der Waals surface area (Å²) in [5.41, 5.74) is 1.85. The Kier molecular flexibility index (Phi) is 5.37. The summed E-state index contributed by atoms with van der Waals surface area (Å²) in [6.07, 6.45) is 2.19. The largest absolute Gasteiger partial charge is 0.363 e. The van der Waals surface area contributed by atoms with Gasteiger partial charge < -0.3 is 14.5 Å². The van der Waals surface area contributed by atoms with Crippen molar-refractivity contribution in [3.05, 3.63) is 65.5 Å². The zero-order chi connectivity index (χ0) is 20.4. The van der Waals surface area contributed by atoms with Crippen molar-refractivity contribution in [2.24, 2.45) is 0 Å². The number of likely N-dealkylation sites (tertiary alicyclic amines) is 1. The SMILES string of the molecule is Cc1ccc(C(=O)N2CCCC3(CC2)CN(c2cccc(F)c2)C(=O)CO3)cc1. The molecule has 2 aromatic carbocycles. The number of anilines is 1. The lowest BCUT2D eigenvalue weighted by Crippen LogP contribution is -2.55. The number of carbonyl (C=O) groups is 2. The van der Waals surface area contributed by atoms with Gasteiger partial charge in [-0.1, -0.05) is 23.8 Å². The van der Waals surface area contributed by atoms with E-state index in [1.54, 1.807) is 17.0 Å². The smallest absolute Gasteiger partial charge is 0.253 e.